The molecule has 0 radical (unpaired) electrons. The van der Waals surface area contributed by atoms with Crippen LogP contribution in [0.5, 0.6) is 0 Å². The molecule has 0 aliphatic rings. The largest absolute Gasteiger partial charge is 0.465 e. The monoisotopic (exact) mass is 261 g/mol. The minimum Gasteiger partial charge on any atom is -0.465 e. The number of halogens is 3. The molecule has 1 atom stereocenters. The van der Waals surface area contributed by atoms with Crippen LogP contribution in [0.3, 0.4) is 0 Å². The predicted molar refractivity (Wildman–Crippen MR) is 59.8 cm³/mol. The standard InChI is InChI=1S/C12H14F3NO2/c1-2-18-11(17)10(16)7-8-4-3-5-9(6-8)12(13,14)15/h3-6,10H,2,7,16H2,1H3. The van der Waals surface area contributed by atoms with Crippen LogP contribution < -0.4 is 5.73 Å². The zero-order chi connectivity index (χ0) is 13.8. The number of benzene rings is 1. The summed E-state index contributed by atoms with van der Waals surface area (Å²) in [6.07, 6.45) is -4.38. The highest BCUT2D eigenvalue weighted by Gasteiger charge is 2.30. The lowest BCUT2D eigenvalue weighted by molar-refractivity contribution is -0.144. The number of carbonyl (C=O) groups excluding carboxylic acids is 1. The van der Waals surface area contributed by atoms with E-state index in [-0.39, 0.29) is 13.0 Å². The van der Waals surface area contributed by atoms with E-state index >= 15 is 0 Å². The van der Waals surface area contributed by atoms with E-state index in [1.165, 1.54) is 12.1 Å². The van der Waals surface area contributed by atoms with Gasteiger partial charge in [-0.15, -0.1) is 0 Å². The molecule has 0 spiro atoms. The fraction of sp³-hybridized carbons (Fsp3) is 0.417. The average Bonchev–Trinajstić information content (AvgIpc) is 2.28. The summed E-state index contributed by atoms with van der Waals surface area (Å²) in [5.41, 5.74) is 5.14. The van der Waals surface area contributed by atoms with Crippen LogP contribution in [0.2, 0.25) is 0 Å². The first kappa shape index (κ1) is 14.5. The van der Waals surface area contributed by atoms with Gasteiger partial charge in [-0.05, 0) is 25.0 Å². The van der Waals surface area contributed by atoms with Crippen LogP contribution in [0, 0.1) is 0 Å². The van der Waals surface area contributed by atoms with E-state index in [2.05, 4.69) is 4.74 Å². The normalized spacial score (nSPS) is 13.2. The second kappa shape index (κ2) is 5.86. The second-order valence-electron chi connectivity index (χ2n) is 3.76. The Balaban J connectivity index is 2.76. The van der Waals surface area contributed by atoms with E-state index in [9.17, 15) is 18.0 Å². The Morgan fingerprint density at radius 1 is 1.44 bits per heavy atom. The van der Waals surface area contributed by atoms with Crippen molar-refractivity contribution in [2.75, 3.05) is 6.61 Å². The maximum Gasteiger partial charge on any atom is 0.416 e. The summed E-state index contributed by atoms with van der Waals surface area (Å²) >= 11 is 0. The molecule has 1 rings (SSSR count). The van der Waals surface area contributed by atoms with E-state index in [4.69, 9.17) is 5.73 Å². The van der Waals surface area contributed by atoms with Gasteiger partial charge in [0.2, 0.25) is 0 Å². The van der Waals surface area contributed by atoms with E-state index < -0.39 is 23.8 Å². The molecule has 1 unspecified atom stereocenters. The molecule has 1 aromatic carbocycles. The summed E-state index contributed by atoms with van der Waals surface area (Å²) in [5.74, 6) is -0.616. The number of nitrogens with two attached hydrogens (primary N) is 1. The van der Waals surface area contributed by atoms with Gasteiger partial charge in [-0.3, -0.25) is 4.79 Å². The third-order valence-electron chi connectivity index (χ3n) is 2.30. The molecule has 0 heterocycles. The Morgan fingerprint density at radius 2 is 2.11 bits per heavy atom. The van der Waals surface area contributed by atoms with Gasteiger partial charge in [0, 0.05) is 0 Å². The Labute approximate surface area is 103 Å². The van der Waals surface area contributed by atoms with Gasteiger partial charge in [0.25, 0.3) is 0 Å². The average molecular weight is 261 g/mol. The molecule has 100 valence electrons. The van der Waals surface area contributed by atoms with Crippen LogP contribution in [0.1, 0.15) is 18.1 Å². The van der Waals surface area contributed by atoms with Crippen LogP contribution in [-0.4, -0.2) is 18.6 Å². The fourth-order valence-electron chi connectivity index (χ4n) is 1.46. The molecule has 3 nitrogen and oxygen atoms in total. The summed E-state index contributed by atoms with van der Waals surface area (Å²) in [5, 5.41) is 0. The van der Waals surface area contributed by atoms with Crippen molar-refractivity contribution in [3.05, 3.63) is 35.4 Å². The molecule has 0 aliphatic heterocycles. The first-order valence-corrected chi connectivity index (χ1v) is 5.43. The Bertz CT molecular complexity index is 418. The van der Waals surface area contributed by atoms with E-state index in [0.717, 1.165) is 12.1 Å². The molecule has 0 saturated carbocycles. The van der Waals surface area contributed by atoms with Gasteiger partial charge in [-0.1, -0.05) is 18.2 Å². The van der Waals surface area contributed by atoms with Crippen molar-refractivity contribution < 1.29 is 22.7 Å². The highest BCUT2D eigenvalue weighted by molar-refractivity contribution is 5.75. The Morgan fingerprint density at radius 3 is 2.67 bits per heavy atom. The fourth-order valence-corrected chi connectivity index (χ4v) is 1.46. The first-order valence-electron chi connectivity index (χ1n) is 5.43. The number of esters is 1. The van der Waals surface area contributed by atoms with Gasteiger partial charge >= 0.3 is 12.1 Å². The number of ether oxygens (including phenoxy) is 1. The number of hydrogen-bond donors (Lipinski definition) is 1. The van der Waals surface area contributed by atoms with Crippen molar-refractivity contribution in [2.45, 2.75) is 25.6 Å². The molecule has 0 amide bonds. The van der Waals surface area contributed by atoms with E-state index in [1.807, 2.05) is 0 Å². The molecule has 2 N–H and O–H groups in total. The van der Waals surface area contributed by atoms with Crippen molar-refractivity contribution in [1.29, 1.82) is 0 Å². The van der Waals surface area contributed by atoms with Crippen molar-refractivity contribution in [2.24, 2.45) is 5.73 Å². The smallest absolute Gasteiger partial charge is 0.416 e. The lowest BCUT2D eigenvalue weighted by Crippen LogP contribution is -2.34. The summed E-state index contributed by atoms with van der Waals surface area (Å²) in [4.78, 5) is 11.3. The van der Waals surface area contributed by atoms with Crippen LogP contribution >= 0.6 is 0 Å². The molecular formula is C12H14F3NO2. The summed E-state index contributed by atoms with van der Waals surface area (Å²) < 4.78 is 42.1. The lowest BCUT2D eigenvalue weighted by atomic mass is 10.0. The van der Waals surface area contributed by atoms with E-state index in [0.29, 0.717) is 5.56 Å². The van der Waals surface area contributed by atoms with E-state index in [1.54, 1.807) is 6.92 Å². The molecule has 0 bridgehead atoms. The van der Waals surface area contributed by atoms with Crippen LogP contribution in [0.15, 0.2) is 24.3 Å². The van der Waals surface area contributed by atoms with Crippen LogP contribution in [-0.2, 0) is 22.1 Å². The molecule has 0 aromatic heterocycles. The molecule has 1 aromatic rings. The van der Waals surface area contributed by atoms with Crippen LogP contribution in [0.4, 0.5) is 13.2 Å². The molecule has 0 fully saturated rings. The number of alkyl halides is 3. The minimum absolute atomic E-state index is 0.0166. The summed E-state index contributed by atoms with van der Waals surface area (Å²) in [6.45, 7) is 1.82. The Kier molecular flexibility index (Phi) is 4.72. The highest BCUT2D eigenvalue weighted by Crippen LogP contribution is 2.29. The highest BCUT2D eigenvalue weighted by atomic mass is 19.4. The number of carbonyl (C=O) groups is 1. The van der Waals surface area contributed by atoms with Gasteiger partial charge in [0.15, 0.2) is 0 Å². The van der Waals surface area contributed by atoms with Crippen molar-refractivity contribution in [3.8, 4) is 0 Å². The first-order chi connectivity index (χ1) is 8.34. The Hall–Kier alpha value is -1.56. The van der Waals surface area contributed by atoms with Crippen molar-refractivity contribution in [1.82, 2.24) is 0 Å². The topological polar surface area (TPSA) is 52.3 Å². The lowest BCUT2D eigenvalue weighted by Gasteiger charge is -2.12. The molecule has 0 saturated heterocycles. The quantitative estimate of drug-likeness (QED) is 0.845. The SMILES string of the molecule is CCOC(=O)C(N)Cc1cccc(C(F)(F)F)c1. The van der Waals surface area contributed by atoms with Gasteiger partial charge in [0.05, 0.1) is 12.2 Å². The zero-order valence-corrected chi connectivity index (χ0v) is 9.83. The number of hydrogen-bond acceptors (Lipinski definition) is 3. The molecule has 18 heavy (non-hydrogen) atoms. The molecule has 0 aliphatic carbocycles. The maximum absolute atomic E-state index is 12.5. The summed E-state index contributed by atoms with van der Waals surface area (Å²) in [6, 6.07) is 3.79. The van der Waals surface area contributed by atoms with Gasteiger partial charge in [-0.2, -0.15) is 13.2 Å². The van der Waals surface area contributed by atoms with Crippen molar-refractivity contribution >= 4 is 5.97 Å². The van der Waals surface area contributed by atoms with Gasteiger partial charge in [0.1, 0.15) is 6.04 Å². The minimum atomic E-state index is -4.40. The third kappa shape index (κ3) is 4.03. The summed E-state index contributed by atoms with van der Waals surface area (Å²) in [7, 11) is 0. The zero-order valence-electron chi connectivity index (χ0n) is 9.83. The molecular weight excluding hydrogens is 247 g/mol. The molecule has 6 heteroatoms. The third-order valence-corrected chi connectivity index (χ3v) is 2.30. The maximum atomic E-state index is 12.5. The predicted octanol–water partition coefficient (Wildman–Crippen LogP) is 2.14. The second-order valence-corrected chi connectivity index (χ2v) is 3.76. The van der Waals surface area contributed by atoms with Crippen LogP contribution in [0.25, 0.3) is 0 Å². The van der Waals surface area contributed by atoms with Gasteiger partial charge in [-0.25, -0.2) is 0 Å². The van der Waals surface area contributed by atoms with Gasteiger partial charge < -0.3 is 10.5 Å². The number of rotatable bonds is 4. The van der Waals surface area contributed by atoms with Crippen molar-refractivity contribution in [3.63, 3.8) is 0 Å².